The Hall–Kier alpha value is 0.270. The highest BCUT2D eigenvalue weighted by Crippen LogP contribution is 1.98. The van der Waals surface area contributed by atoms with E-state index in [1.54, 1.807) is 0 Å². The molecule has 3 N–H and O–H groups in total. The topological polar surface area (TPSA) is 38.0 Å². The van der Waals surface area contributed by atoms with Crippen LogP contribution in [0.4, 0.5) is 0 Å². The molecule has 0 rings (SSSR count). The van der Waals surface area contributed by atoms with Gasteiger partial charge in [0, 0.05) is 24.1 Å². The average Bonchev–Trinajstić information content (AvgIpc) is 1.87. The monoisotopic (exact) mass is 162 g/mol. The minimum Gasteiger partial charge on any atom is -0.327 e. The summed E-state index contributed by atoms with van der Waals surface area (Å²) in [6.07, 6.45) is 0. The number of rotatable bonds is 6. The first-order chi connectivity index (χ1) is 4.77. The van der Waals surface area contributed by atoms with Crippen molar-refractivity contribution in [2.45, 2.75) is 19.9 Å². The molecule has 0 aromatic heterocycles. The Bertz CT molecular complexity index is 66.6. The van der Waals surface area contributed by atoms with Crippen LogP contribution in [0, 0.1) is 0 Å². The van der Waals surface area contributed by atoms with Crippen LogP contribution in [0.25, 0.3) is 0 Å². The first-order valence-electron chi connectivity index (χ1n) is 3.81. The zero-order chi connectivity index (χ0) is 7.82. The van der Waals surface area contributed by atoms with Gasteiger partial charge in [0.25, 0.3) is 0 Å². The van der Waals surface area contributed by atoms with Crippen LogP contribution in [-0.2, 0) is 0 Å². The Morgan fingerprint density at radius 3 is 2.80 bits per heavy atom. The molecule has 0 aliphatic heterocycles. The molecule has 62 valence electrons. The maximum Gasteiger partial charge on any atom is 0.0101 e. The van der Waals surface area contributed by atoms with E-state index in [1.165, 1.54) is 5.75 Å². The summed E-state index contributed by atoms with van der Waals surface area (Å²) in [6, 6.07) is 0.339. The molecular formula is C7H18N2S. The molecule has 0 aromatic rings. The van der Waals surface area contributed by atoms with Gasteiger partial charge in [-0.25, -0.2) is 0 Å². The molecule has 3 heteroatoms. The van der Waals surface area contributed by atoms with E-state index in [2.05, 4.69) is 12.2 Å². The van der Waals surface area contributed by atoms with Crippen LogP contribution < -0.4 is 11.1 Å². The van der Waals surface area contributed by atoms with Gasteiger partial charge in [-0.3, -0.25) is 0 Å². The largest absolute Gasteiger partial charge is 0.327 e. The third kappa shape index (κ3) is 8.27. The van der Waals surface area contributed by atoms with Crippen LogP contribution in [0.5, 0.6) is 0 Å². The van der Waals surface area contributed by atoms with Crippen LogP contribution in [-0.4, -0.2) is 30.6 Å². The fourth-order valence-electron chi connectivity index (χ4n) is 0.590. The molecule has 1 atom stereocenters. The summed E-state index contributed by atoms with van der Waals surface area (Å²) in [4.78, 5) is 0. The maximum atomic E-state index is 5.57. The summed E-state index contributed by atoms with van der Waals surface area (Å²) in [5, 5.41) is 3.26. The number of hydrogen-bond acceptors (Lipinski definition) is 3. The second-order valence-electron chi connectivity index (χ2n) is 2.41. The summed E-state index contributed by atoms with van der Waals surface area (Å²) in [5.41, 5.74) is 5.57. The van der Waals surface area contributed by atoms with Crippen molar-refractivity contribution >= 4 is 11.8 Å². The summed E-state index contributed by atoms with van der Waals surface area (Å²) in [6.45, 7) is 6.34. The van der Waals surface area contributed by atoms with Crippen molar-refractivity contribution in [3.63, 3.8) is 0 Å². The van der Waals surface area contributed by atoms with Gasteiger partial charge in [0.05, 0.1) is 0 Å². The average molecular weight is 162 g/mol. The van der Waals surface area contributed by atoms with Crippen molar-refractivity contribution in [2.75, 3.05) is 24.6 Å². The van der Waals surface area contributed by atoms with Crippen molar-refractivity contribution in [1.82, 2.24) is 5.32 Å². The van der Waals surface area contributed by atoms with Crippen LogP contribution in [0.15, 0.2) is 0 Å². The highest BCUT2D eigenvalue weighted by molar-refractivity contribution is 7.99. The summed E-state index contributed by atoms with van der Waals surface area (Å²) >= 11 is 1.91. The lowest BCUT2D eigenvalue weighted by molar-refractivity contribution is 0.766. The Morgan fingerprint density at radius 2 is 2.30 bits per heavy atom. The molecule has 0 fully saturated rings. The third-order valence-electron chi connectivity index (χ3n) is 1.05. The van der Waals surface area contributed by atoms with Gasteiger partial charge in [-0.1, -0.05) is 6.92 Å². The molecular weight excluding hydrogens is 144 g/mol. The lowest BCUT2D eigenvalue weighted by Gasteiger charge is -2.04. The van der Waals surface area contributed by atoms with Gasteiger partial charge in [-0.05, 0) is 13.5 Å². The predicted octanol–water partition coefficient (Wildman–Crippen LogP) is 0.676. The number of nitrogens with two attached hydrogens (primary N) is 1. The van der Waals surface area contributed by atoms with Crippen molar-refractivity contribution in [3.8, 4) is 0 Å². The van der Waals surface area contributed by atoms with E-state index in [-0.39, 0.29) is 0 Å². The molecule has 0 saturated carbocycles. The minimum atomic E-state index is 0.339. The Balaban J connectivity index is 2.77. The van der Waals surface area contributed by atoms with Gasteiger partial charge in [0.1, 0.15) is 0 Å². The van der Waals surface area contributed by atoms with E-state index >= 15 is 0 Å². The first kappa shape index (κ1) is 10.3. The molecule has 0 aliphatic carbocycles. The van der Waals surface area contributed by atoms with Crippen LogP contribution in [0.1, 0.15) is 13.8 Å². The fourth-order valence-corrected chi connectivity index (χ4v) is 1.42. The van der Waals surface area contributed by atoms with E-state index in [9.17, 15) is 0 Å². The van der Waals surface area contributed by atoms with Gasteiger partial charge in [0.2, 0.25) is 0 Å². The fraction of sp³-hybridized carbons (Fsp3) is 1.00. The number of hydrogen-bond donors (Lipinski definition) is 2. The number of nitrogens with one attached hydrogen (secondary N) is 1. The van der Waals surface area contributed by atoms with Crippen LogP contribution in [0.3, 0.4) is 0 Å². The standard InChI is InChI=1S/C7H18N2S/c1-3-9-4-5-10-6-7(2)8/h7,9H,3-6,8H2,1-2H3. The van der Waals surface area contributed by atoms with Crippen molar-refractivity contribution < 1.29 is 0 Å². The smallest absolute Gasteiger partial charge is 0.0101 e. The van der Waals surface area contributed by atoms with Gasteiger partial charge in [-0.2, -0.15) is 11.8 Å². The van der Waals surface area contributed by atoms with Crippen LogP contribution >= 0.6 is 11.8 Å². The lowest BCUT2D eigenvalue weighted by atomic mass is 10.4. The second kappa shape index (κ2) is 7.38. The Morgan fingerprint density at radius 1 is 1.60 bits per heavy atom. The SMILES string of the molecule is CCNCCSCC(C)N. The maximum absolute atomic E-state index is 5.57. The van der Waals surface area contributed by atoms with Crippen LogP contribution in [0.2, 0.25) is 0 Å². The molecule has 1 unspecified atom stereocenters. The number of thioether (sulfide) groups is 1. The highest BCUT2D eigenvalue weighted by Gasteiger charge is 1.92. The molecule has 0 bridgehead atoms. The van der Waals surface area contributed by atoms with Crippen molar-refractivity contribution in [2.24, 2.45) is 5.73 Å². The summed E-state index contributed by atoms with van der Waals surface area (Å²) in [7, 11) is 0. The van der Waals surface area contributed by atoms with Gasteiger partial charge in [-0.15, -0.1) is 0 Å². The molecule has 10 heavy (non-hydrogen) atoms. The molecule has 0 radical (unpaired) electrons. The molecule has 2 nitrogen and oxygen atoms in total. The molecule has 0 spiro atoms. The third-order valence-corrected chi connectivity index (χ3v) is 2.31. The summed E-state index contributed by atoms with van der Waals surface area (Å²) < 4.78 is 0. The first-order valence-corrected chi connectivity index (χ1v) is 4.97. The zero-order valence-corrected chi connectivity index (χ0v) is 7.71. The highest BCUT2D eigenvalue weighted by atomic mass is 32.2. The second-order valence-corrected chi connectivity index (χ2v) is 3.56. The lowest BCUT2D eigenvalue weighted by Crippen LogP contribution is -2.20. The quantitative estimate of drug-likeness (QED) is 0.564. The minimum absolute atomic E-state index is 0.339. The normalized spacial score (nSPS) is 13.5. The van der Waals surface area contributed by atoms with Gasteiger partial charge in [0.15, 0.2) is 0 Å². The molecule has 0 aromatic carbocycles. The predicted molar refractivity (Wildman–Crippen MR) is 49.5 cm³/mol. The van der Waals surface area contributed by atoms with E-state index in [1.807, 2.05) is 18.7 Å². The van der Waals surface area contributed by atoms with E-state index in [0.29, 0.717) is 6.04 Å². The molecule has 0 saturated heterocycles. The van der Waals surface area contributed by atoms with E-state index < -0.39 is 0 Å². The van der Waals surface area contributed by atoms with Crippen molar-refractivity contribution in [3.05, 3.63) is 0 Å². The molecule has 0 heterocycles. The Kier molecular flexibility index (Phi) is 7.58. The Labute approximate surface area is 67.9 Å². The summed E-state index contributed by atoms with van der Waals surface area (Å²) in [5.74, 6) is 2.25. The van der Waals surface area contributed by atoms with E-state index in [0.717, 1.165) is 18.8 Å². The molecule has 0 amide bonds. The van der Waals surface area contributed by atoms with Gasteiger partial charge >= 0.3 is 0 Å². The van der Waals surface area contributed by atoms with E-state index in [4.69, 9.17) is 5.73 Å². The van der Waals surface area contributed by atoms with Gasteiger partial charge < -0.3 is 11.1 Å². The van der Waals surface area contributed by atoms with Crippen molar-refractivity contribution in [1.29, 1.82) is 0 Å². The molecule has 0 aliphatic rings. The zero-order valence-electron chi connectivity index (χ0n) is 6.89.